The summed E-state index contributed by atoms with van der Waals surface area (Å²) in [6.07, 6.45) is 0. The van der Waals surface area contributed by atoms with Gasteiger partial charge in [0.05, 0.1) is 0 Å². The van der Waals surface area contributed by atoms with E-state index in [1.165, 1.54) is 11.8 Å². The first-order chi connectivity index (χ1) is 8.91. The van der Waals surface area contributed by atoms with Crippen molar-refractivity contribution < 1.29 is 14.7 Å². The lowest BCUT2D eigenvalue weighted by Gasteiger charge is -2.27. The zero-order valence-corrected chi connectivity index (χ0v) is 11.5. The highest BCUT2D eigenvalue weighted by atomic mass is 16.4. The number of carboxylic acid groups (broad SMARTS) is 1. The van der Waals surface area contributed by atoms with Crippen molar-refractivity contribution in [1.82, 2.24) is 10.2 Å². The highest BCUT2D eigenvalue weighted by Gasteiger charge is 2.25. The second-order valence-corrected chi connectivity index (χ2v) is 4.73. The number of nitrogens with zero attached hydrogens (tertiary/aromatic N) is 1. The predicted molar refractivity (Wildman–Crippen MR) is 72.8 cm³/mol. The van der Waals surface area contributed by atoms with Gasteiger partial charge in [-0.15, -0.1) is 0 Å². The van der Waals surface area contributed by atoms with Crippen molar-refractivity contribution in [2.75, 3.05) is 0 Å². The van der Waals surface area contributed by atoms with Crippen LogP contribution in [-0.2, 0) is 11.3 Å². The molecule has 2 amide bonds. The lowest BCUT2D eigenvalue weighted by atomic mass is 10.2. The van der Waals surface area contributed by atoms with E-state index < -0.39 is 12.0 Å². The van der Waals surface area contributed by atoms with Crippen LogP contribution in [0.3, 0.4) is 0 Å². The fourth-order valence-electron chi connectivity index (χ4n) is 1.63. The summed E-state index contributed by atoms with van der Waals surface area (Å²) in [4.78, 5) is 24.5. The van der Waals surface area contributed by atoms with E-state index in [0.29, 0.717) is 0 Å². The van der Waals surface area contributed by atoms with E-state index in [1.807, 2.05) is 44.2 Å². The second kappa shape index (κ2) is 6.78. The molecule has 1 aromatic carbocycles. The molecule has 104 valence electrons. The van der Waals surface area contributed by atoms with E-state index in [-0.39, 0.29) is 18.6 Å². The Kier molecular flexibility index (Phi) is 5.36. The number of amides is 2. The Labute approximate surface area is 113 Å². The fraction of sp³-hybridized carbons (Fsp3) is 0.429. The van der Waals surface area contributed by atoms with Gasteiger partial charge in [0.1, 0.15) is 6.04 Å². The molecule has 0 aliphatic rings. The molecule has 1 unspecified atom stereocenters. The maximum atomic E-state index is 12.1. The van der Waals surface area contributed by atoms with Crippen LogP contribution in [-0.4, -0.2) is 34.1 Å². The smallest absolute Gasteiger partial charge is 0.326 e. The van der Waals surface area contributed by atoms with Crippen LogP contribution in [0, 0.1) is 0 Å². The van der Waals surface area contributed by atoms with Crippen molar-refractivity contribution in [3.8, 4) is 0 Å². The Hall–Kier alpha value is -2.04. The summed E-state index contributed by atoms with van der Waals surface area (Å²) in [5.74, 6) is -1.02. The molecule has 1 rings (SSSR count). The van der Waals surface area contributed by atoms with Gasteiger partial charge >= 0.3 is 12.0 Å². The Balaban J connectivity index is 2.86. The number of carboxylic acids is 1. The first kappa shape index (κ1) is 15.0. The van der Waals surface area contributed by atoms with Gasteiger partial charge in [-0.05, 0) is 26.3 Å². The Morgan fingerprint density at radius 1 is 1.21 bits per heavy atom. The van der Waals surface area contributed by atoms with Gasteiger partial charge in [0, 0.05) is 12.6 Å². The summed E-state index contributed by atoms with van der Waals surface area (Å²) < 4.78 is 0. The van der Waals surface area contributed by atoms with E-state index >= 15 is 0 Å². The average Bonchev–Trinajstić information content (AvgIpc) is 2.35. The summed E-state index contributed by atoms with van der Waals surface area (Å²) in [5.41, 5.74) is 0.898. The third-order valence-electron chi connectivity index (χ3n) is 2.69. The van der Waals surface area contributed by atoms with Crippen LogP contribution in [0.25, 0.3) is 0 Å². The fourth-order valence-corrected chi connectivity index (χ4v) is 1.63. The van der Waals surface area contributed by atoms with Crippen LogP contribution < -0.4 is 5.32 Å². The molecule has 5 nitrogen and oxygen atoms in total. The first-order valence-corrected chi connectivity index (χ1v) is 6.25. The molecule has 1 atom stereocenters. The quantitative estimate of drug-likeness (QED) is 0.855. The molecule has 0 bridgehead atoms. The third kappa shape index (κ3) is 4.62. The molecular formula is C14H20N2O3. The summed E-state index contributed by atoms with van der Waals surface area (Å²) in [6.45, 7) is 5.45. The van der Waals surface area contributed by atoms with Gasteiger partial charge in [0.15, 0.2) is 0 Å². The van der Waals surface area contributed by atoms with Crippen LogP contribution in [0.1, 0.15) is 26.3 Å². The molecule has 0 aromatic heterocycles. The SMILES string of the molecule is CC(C)NC(=O)N(Cc1ccccc1)C(C)C(=O)O. The minimum absolute atomic E-state index is 0.0354. The molecule has 0 spiro atoms. The summed E-state index contributed by atoms with van der Waals surface area (Å²) in [5, 5.41) is 11.8. The van der Waals surface area contributed by atoms with Crippen LogP contribution in [0.15, 0.2) is 30.3 Å². The highest BCUT2D eigenvalue weighted by Crippen LogP contribution is 2.09. The molecule has 0 heterocycles. The third-order valence-corrected chi connectivity index (χ3v) is 2.69. The minimum Gasteiger partial charge on any atom is -0.480 e. The maximum absolute atomic E-state index is 12.1. The van der Waals surface area contributed by atoms with E-state index in [0.717, 1.165) is 5.56 Å². The molecular weight excluding hydrogens is 244 g/mol. The van der Waals surface area contributed by atoms with Crippen LogP contribution in [0.5, 0.6) is 0 Å². The Morgan fingerprint density at radius 2 is 1.79 bits per heavy atom. The van der Waals surface area contributed by atoms with Crippen molar-refractivity contribution >= 4 is 12.0 Å². The zero-order chi connectivity index (χ0) is 14.4. The van der Waals surface area contributed by atoms with E-state index in [4.69, 9.17) is 5.11 Å². The largest absolute Gasteiger partial charge is 0.480 e. The lowest BCUT2D eigenvalue weighted by molar-refractivity contribution is -0.141. The highest BCUT2D eigenvalue weighted by molar-refractivity contribution is 5.82. The normalized spacial score (nSPS) is 12.0. The summed E-state index contributed by atoms with van der Waals surface area (Å²) in [7, 11) is 0. The number of carbonyl (C=O) groups excluding carboxylic acids is 1. The summed E-state index contributed by atoms with van der Waals surface area (Å²) >= 11 is 0. The van der Waals surface area contributed by atoms with E-state index in [2.05, 4.69) is 5.32 Å². The topological polar surface area (TPSA) is 69.6 Å². The van der Waals surface area contributed by atoms with Gasteiger partial charge in [-0.25, -0.2) is 9.59 Å². The molecule has 5 heteroatoms. The number of nitrogens with one attached hydrogen (secondary N) is 1. The van der Waals surface area contributed by atoms with Crippen molar-refractivity contribution in [2.24, 2.45) is 0 Å². The monoisotopic (exact) mass is 264 g/mol. The molecule has 19 heavy (non-hydrogen) atoms. The lowest BCUT2D eigenvalue weighted by Crippen LogP contribution is -2.49. The molecule has 1 aromatic rings. The molecule has 0 saturated heterocycles. The van der Waals surface area contributed by atoms with Crippen LogP contribution in [0.2, 0.25) is 0 Å². The number of hydrogen-bond acceptors (Lipinski definition) is 2. The van der Waals surface area contributed by atoms with Gasteiger partial charge in [-0.1, -0.05) is 30.3 Å². The van der Waals surface area contributed by atoms with Gasteiger partial charge in [0.25, 0.3) is 0 Å². The van der Waals surface area contributed by atoms with Crippen LogP contribution in [0.4, 0.5) is 4.79 Å². The Morgan fingerprint density at radius 3 is 2.26 bits per heavy atom. The number of rotatable bonds is 5. The second-order valence-electron chi connectivity index (χ2n) is 4.73. The predicted octanol–water partition coefficient (Wildman–Crippen LogP) is 2.08. The average molecular weight is 264 g/mol. The first-order valence-electron chi connectivity index (χ1n) is 6.25. The van der Waals surface area contributed by atoms with E-state index in [1.54, 1.807) is 0 Å². The Bertz CT molecular complexity index is 432. The number of hydrogen-bond donors (Lipinski definition) is 2. The molecule has 0 fully saturated rings. The van der Waals surface area contributed by atoms with Crippen molar-refractivity contribution in [1.29, 1.82) is 0 Å². The summed E-state index contributed by atoms with van der Waals surface area (Å²) in [6, 6.07) is 8.05. The molecule has 2 N–H and O–H groups in total. The minimum atomic E-state index is -1.02. The molecule has 0 aliphatic carbocycles. The van der Waals surface area contributed by atoms with Crippen LogP contribution >= 0.6 is 0 Å². The molecule has 0 saturated carbocycles. The zero-order valence-electron chi connectivity index (χ0n) is 11.5. The number of aliphatic carboxylic acids is 1. The standard InChI is InChI=1S/C14H20N2O3/c1-10(2)15-14(19)16(11(3)13(17)18)9-12-7-5-4-6-8-12/h4-8,10-11H,9H2,1-3H3,(H,15,19)(H,17,18). The number of urea groups is 1. The van der Waals surface area contributed by atoms with Gasteiger partial charge in [0.2, 0.25) is 0 Å². The molecule has 0 aliphatic heterocycles. The van der Waals surface area contributed by atoms with Crippen molar-refractivity contribution in [3.05, 3.63) is 35.9 Å². The van der Waals surface area contributed by atoms with Crippen molar-refractivity contribution in [2.45, 2.75) is 39.4 Å². The molecule has 0 radical (unpaired) electrons. The maximum Gasteiger partial charge on any atom is 0.326 e. The van der Waals surface area contributed by atoms with Gasteiger partial charge in [-0.3, -0.25) is 0 Å². The van der Waals surface area contributed by atoms with E-state index in [9.17, 15) is 9.59 Å². The number of benzene rings is 1. The van der Waals surface area contributed by atoms with Gasteiger partial charge < -0.3 is 15.3 Å². The van der Waals surface area contributed by atoms with Gasteiger partial charge in [-0.2, -0.15) is 0 Å². The number of carbonyl (C=O) groups is 2. The van der Waals surface area contributed by atoms with Crippen molar-refractivity contribution in [3.63, 3.8) is 0 Å².